The second kappa shape index (κ2) is 8.43. The van der Waals surface area contributed by atoms with Crippen molar-refractivity contribution < 1.29 is 32.2 Å². The molecule has 30 heavy (non-hydrogen) atoms. The molecule has 3 rings (SSSR count). The summed E-state index contributed by atoms with van der Waals surface area (Å²) in [6.07, 6.45) is -7.13. The van der Waals surface area contributed by atoms with Crippen molar-refractivity contribution in [2.75, 3.05) is 19.7 Å². The Morgan fingerprint density at radius 2 is 2.07 bits per heavy atom. The number of rotatable bonds is 3. The van der Waals surface area contributed by atoms with Crippen LogP contribution < -0.4 is 4.74 Å². The van der Waals surface area contributed by atoms with E-state index in [4.69, 9.17) is 25.8 Å². The van der Waals surface area contributed by atoms with Crippen molar-refractivity contribution in [2.24, 2.45) is 0 Å². The van der Waals surface area contributed by atoms with Crippen LogP contribution in [0.5, 0.6) is 5.88 Å². The summed E-state index contributed by atoms with van der Waals surface area (Å²) in [6, 6.07) is 4.92. The number of halogens is 4. The number of pyridine rings is 2. The number of ether oxygens (including phenoxy) is 3. The summed E-state index contributed by atoms with van der Waals surface area (Å²) >= 11 is 5.97. The van der Waals surface area contributed by atoms with Gasteiger partial charge in [-0.05, 0) is 32.9 Å². The molecular formula is C19H21ClF3N3O4. The summed E-state index contributed by atoms with van der Waals surface area (Å²) in [6.45, 7) is 3.85. The molecule has 0 bridgehead atoms. The van der Waals surface area contributed by atoms with Crippen LogP contribution in [0, 0.1) is 0 Å². The molecule has 11 heteroatoms. The summed E-state index contributed by atoms with van der Waals surface area (Å²) in [7, 11) is 0. The number of carbonyl (C=O) groups is 1. The van der Waals surface area contributed by atoms with Gasteiger partial charge < -0.3 is 19.1 Å². The Balaban J connectivity index is 1.76. The van der Waals surface area contributed by atoms with Gasteiger partial charge in [0.1, 0.15) is 23.5 Å². The van der Waals surface area contributed by atoms with Gasteiger partial charge in [-0.2, -0.15) is 13.2 Å². The fourth-order valence-corrected chi connectivity index (χ4v) is 3.06. The smallest absolute Gasteiger partial charge is 0.416 e. The number of alkyl halides is 3. The third-order valence-electron chi connectivity index (χ3n) is 4.12. The van der Waals surface area contributed by atoms with E-state index < -0.39 is 36.6 Å². The predicted molar refractivity (Wildman–Crippen MR) is 103 cm³/mol. The minimum absolute atomic E-state index is 0.118. The van der Waals surface area contributed by atoms with Gasteiger partial charge in [-0.25, -0.2) is 9.78 Å². The van der Waals surface area contributed by atoms with E-state index in [0.29, 0.717) is 10.9 Å². The molecule has 0 radical (unpaired) electrons. The van der Waals surface area contributed by atoms with E-state index in [1.165, 1.54) is 0 Å². The van der Waals surface area contributed by atoms with Crippen molar-refractivity contribution in [3.05, 3.63) is 29.5 Å². The maximum Gasteiger partial charge on any atom is 0.416 e. The molecule has 0 N–H and O–H groups in total. The van der Waals surface area contributed by atoms with Crippen LogP contribution in [0.15, 0.2) is 24.4 Å². The minimum Gasteiger partial charge on any atom is -0.474 e. The number of amides is 1. The highest BCUT2D eigenvalue weighted by molar-refractivity contribution is 6.30. The van der Waals surface area contributed by atoms with Crippen molar-refractivity contribution in [1.82, 2.24) is 14.9 Å². The van der Waals surface area contributed by atoms with Crippen LogP contribution in [0.2, 0.25) is 5.15 Å². The topological polar surface area (TPSA) is 73.8 Å². The van der Waals surface area contributed by atoms with E-state index in [1.807, 2.05) is 0 Å². The fourth-order valence-electron chi connectivity index (χ4n) is 2.88. The van der Waals surface area contributed by atoms with E-state index in [1.54, 1.807) is 45.2 Å². The number of hydrogen-bond donors (Lipinski definition) is 0. The van der Waals surface area contributed by atoms with Crippen LogP contribution in [0.3, 0.4) is 0 Å². The Morgan fingerprint density at radius 3 is 2.73 bits per heavy atom. The maximum absolute atomic E-state index is 13.3. The van der Waals surface area contributed by atoms with Gasteiger partial charge >= 0.3 is 12.3 Å². The predicted octanol–water partition coefficient (Wildman–Crippen LogP) is 4.23. The number of nitrogens with zero attached hydrogens (tertiary/aromatic N) is 3. The van der Waals surface area contributed by atoms with E-state index in [9.17, 15) is 18.0 Å². The van der Waals surface area contributed by atoms with E-state index in [2.05, 4.69) is 9.97 Å². The fraction of sp³-hybridized carbons (Fsp3) is 0.526. The number of fused-ring (bicyclic) bond motifs is 1. The number of aromatic nitrogens is 2. The standard InChI is InChI=1S/C19H21ClF3N3O4/c1-18(2,3)30-17(27)26-8-11(29-14(9-26)19(21,22)23)10-28-16-12-5-4-6-24-13(12)7-15(20)25-16/h4-7,11,14H,8-10H2,1-3H3/t11-,14+/m0/s1. The number of hydrogen-bond acceptors (Lipinski definition) is 6. The molecule has 0 aliphatic carbocycles. The highest BCUT2D eigenvalue weighted by Gasteiger charge is 2.47. The Bertz CT molecular complexity index is 920. The van der Waals surface area contributed by atoms with Crippen LogP contribution >= 0.6 is 11.6 Å². The first-order chi connectivity index (χ1) is 13.9. The van der Waals surface area contributed by atoms with Gasteiger partial charge in [0.05, 0.1) is 24.0 Å². The zero-order chi connectivity index (χ0) is 22.1. The lowest BCUT2D eigenvalue weighted by Crippen LogP contribution is -2.56. The molecule has 3 heterocycles. The van der Waals surface area contributed by atoms with Gasteiger partial charge in [-0.1, -0.05) is 11.6 Å². The summed E-state index contributed by atoms with van der Waals surface area (Å²) in [4.78, 5) is 21.5. The Labute approximate surface area is 176 Å². The summed E-state index contributed by atoms with van der Waals surface area (Å²) < 4.78 is 56.0. The maximum atomic E-state index is 13.3. The highest BCUT2D eigenvalue weighted by atomic mass is 35.5. The Hall–Kier alpha value is -2.33. The zero-order valence-electron chi connectivity index (χ0n) is 16.6. The number of morpholine rings is 1. The first-order valence-electron chi connectivity index (χ1n) is 9.16. The average molecular weight is 448 g/mol. The largest absolute Gasteiger partial charge is 0.474 e. The summed E-state index contributed by atoms with van der Waals surface area (Å²) in [5.74, 6) is 0.118. The van der Waals surface area contributed by atoms with Crippen LogP contribution in [0.1, 0.15) is 20.8 Å². The van der Waals surface area contributed by atoms with E-state index in [0.717, 1.165) is 4.90 Å². The second-order valence-corrected chi connectivity index (χ2v) is 8.19. The quantitative estimate of drug-likeness (QED) is 0.656. The molecule has 7 nitrogen and oxygen atoms in total. The Morgan fingerprint density at radius 1 is 1.33 bits per heavy atom. The molecule has 1 aliphatic heterocycles. The summed E-state index contributed by atoms with van der Waals surface area (Å²) in [5.41, 5.74) is -0.313. The summed E-state index contributed by atoms with van der Waals surface area (Å²) in [5, 5.41) is 0.679. The molecule has 0 unspecified atom stereocenters. The van der Waals surface area contributed by atoms with Crippen LogP contribution in [0.4, 0.5) is 18.0 Å². The van der Waals surface area contributed by atoms with Gasteiger partial charge in [0, 0.05) is 12.3 Å². The van der Waals surface area contributed by atoms with E-state index in [-0.39, 0.29) is 24.2 Å². The highest BCUT2D eigenvalue weighted by Crippen LogP contribution is 2.30. The molecule has 0 aromatic carbocycles. The third-order valence-corrected chi connectivity index (χ3v) is 4.32. The molecule has 164 valence electrons. The van der Waals surface area contributed by atoms with Gasteiger partial charge in [-0.3, -0.25) is 4.98 Å². The van der Waals surface area contributed by atoms with Gasteiger partial charge in [-0.15, -0.1) is 0 Å². The third kappa shape index (κ3) is 5.63. The van der Waals surface area contributed by atoms with Crippen LogP contribution in [-0.2, 0) is 9.47 Å². The first-order valence-corrected chi connectivity index (χ1v) is 9.54. The SMILES string of the molecule is CC(C)(C)OC(=O)N1C[C@@H](COc2nc(Cl)cc3ncccc23)O[C@@H](C(F)(F)F)C1. The molecule has 0 saturated carbocycles. The van der Waals surface area contributed by atoms with E-state index >= 15 is 0 Å². The van der Waals surface area contributed by atoms with Crippen molar-refractivity contribution in [2.45, 2.75) is 44.8 Å². The van der Waals surface area contributed by atoms with Gasteiger partial charge in [0.15, 0.2) is 6.10 Å². The number of carbonyl (C=O) groups excluding carboxylic acids is 1. The second-order valence-electron chi connectivity index (χ2n) is 7.80. The normalized spacial score (nSPS) is 20.3. The lowest BCUT2D eigenvalue weighted by atomic mass is 10.2. The average Bonchev–Trinajstić information content (AvgIpc) is 2.63. The minimum atomic E-state index is -4.65. The molecule has 2 aromatic rings. The molecule has 1 saturated heterocycles. The molecule has 2 aromatic heterocycles. The molecule has 2 atom stereocenters. The zero-order valence-corrected chi connectivity index (χ0v) is 17.3. The van der Waals surface area contributed by atoms with Crippen LogP contribution in [-0.4, -0.2) is 64.6 Å². The lowest BCUT2D eigenvalue weighted by molar-refractivity contribution is -0.253. The monoisotopic (exact) mass is 447 g/mol. The lowest BCUT2D eigenvalue weighted by Gasteiger charge is -2.38. The van der Waals surface area contributed by atoms with Gasteiger partial charge in [0.2, 0.25) is 5.88 Å². The Kier molecular flexibility index (Phi) is 6.28. The van der Waals surface area contributed by atoms with Gasteiger partial charge in [0.25, 0.3) is 0 Å². The molecule has 1 fully saturated rings. The molecule has 1 amide bonds. The van der Waals surface area contributed by atoms with Crippen molar-refractivity contribution in [3.8, 4) is 5.88 Å². The first kappa shape index (κ1) is 22.4. The van der Waals surface area contributed by atoms with Crippen molar-refractivity contribution in [3.63, 3.8) is 0 Å². The molecule has 1 aliphatic rings. The van der Waals surface area contributed by atoms with Crippen LogP contribution in [0.25, 0.3) is 10.9 Å². The van der Waals surface area contributed by atoms with Crippen molar-refractivity contribution >= 4 is 28.6 Å². The molecular weight excluding hydrogens is 427 g/mol. The molecule has 0 spiro atoms. The van der Waals surface area contributed by atoms with Crippen molar-refractivity contribution in [1.29, 1.82) is 0 Å².